The Bertz CT molecular complexity index is 1500. The van der Waals surface area contributed by atoms with Gasteiger partial charge in [-0.2, -0.15) is 0 Å². The van der Waals surface area contributed by atoms with Gasteiger partial charge in [-0.3, -0.25) is 10.1 Å². The lowest BCUT2D eigenvalue weighted by Gasteiger charge is -2.17. The van der Waals surface area contributed by atoms with E-state index in [1.807, 2.05) is 46.8 Å². The van der Waals surface area contributed by atoms with Crippen LogP contribution in [0.1, 0.15) is 42.3 Å². The number of aryl methyl sites for hydroxylation is 2. The van der Waals surface area contributed by atoms with Gasteiger partial charge in [0.05, 0.1) is 25.4 Å². The number of aromatic hydroxyl groups is 1. The monoisotopic (exact) mass is 549 g/mol. The maximum absolute atomic E-state index is 13.0. The zero-order valence-corrected chi connectivity index (χ0v) is 23.3. The van der Waals surface area contributed by atoms with Gasteiger partial charge >= 0.3 is 0 Å². The molecule has 1 amide bonds. The van der Waals surface area contributed by atoms with Gasteiger partial charge in [0.25, 0.3) is 5.91 Å². The van der Waals surface area contributed by atoms with Gasteiger partial charge in [0.1, 0.15) is 11.3 Å². The van der Waals surface area contributed by atoms with Crippen LogP contribution >= 0.6 is 12.2 Å². The number of hydrogen-bond acceptors (Lipinski definition) is 8. The molecule has 0 unspecified atom stereocenters. The first-order chi connectivity index (χ1) is 18.7. The van der Waals surface area contributed by atoms with E-state index in [0.717, 1.165) is 16.6 Å². The predicted molar refractivity (Wildman–Crippen MR) is 154 cm³/mol. The molecule has 1 aromatic heterocycles. The molecular weight excluding hydrogens is 518 g/mol. The standard InChI is InChI=1S/C29H31N3O6S/c1-6-35-23-13-18(14-24(36-7-2)26(23)37-8-3)27(34)32-29(39)30-19-9-10-20(22(33)15-19)28-31-21-12-16(4)11-17(5)25(21)38-28/h9-15,33H,6-8H2,1-5H3,(H2,30,32,34,39). The summed E-state index contributed by atoms with van der Waals surface area (Å²) in [4.78, 5) is 17.5. The largest absolute Gasteiger partial charge is 0.507 e. The van der Waals surface area contributed by atoms with E-state index in [9.17, 15) is 9.90 Å². The molecule has 0 aliphatic heterocycles. The first-order valence-electron chi connectivity index (χ1n) is 12.6. The molecule has 0 bridgehead atoms. The Hall–Kier alpha value is -4.31. The predicted octanol–water partition coefficient (Wildman–Crippen LogP) is 6.14. The number of phenols is 1. The molecule has 0 fully saturated rings. The van der Waals surface area contributed by atoms with E-state index in [-0.39, 0.29) is 16.4 Å². The van der Waals surface area contributed by atoms with Crippen LogP contribution in [0, 0.1) is 13.8 Å². The first-order valence-corrected chi connectivity index (χ1v) is 13.0. The number of aromatic nitrogens is 1. The lowest BCUT2D eigenvalue weighted by molar-refractivity contribution is 0.0976. The fraction of sp³-hybridized carbons (Fsp3) is 0.276. The highest BCUT2D eigenvalue weighted by atomic mass is 32.1. The van der Waals surface area contributed by atoms with Crippen molar-refractivity contribution in [2.75, 3.05) is 25.1 Å². The van der Waals surface area contributed by atoms with E-state index in [0.29, 0.717) is 59.8 Å². The zero-order chi connectivity index (χ0) is 28.1. The van der Waals surface area contributed by atoms with Crippen molar-refractivity contribution >= 4 is 40.0 Å². The first kappa shape index (κ1) is 27.7. The molecule has 10 heteroatoms. The number of carbonyl (C=O) groups excluding carboxylic acids is 1. The second-order valence-electron chi connectivity index (χ2n) is 8.69. The zero-order valence-electron chi connectivity index (χ0n) is 22.5. The van der Waals surface area contributed by atoms with E-state index in [2.05, 4.69) is 15.6 Å². The van der Waals surface area contributed by atoms with Crippen molar-refractivity contribution in [2.45, 2.75) is 34.6 Å². The second kappa shape index (κ2) is 12.0. The van der Waals surface area contributed by atoms with E-state index in [4.69, 9.17) is 30.8 Å². The molecular formula is C29H31N3O6S. The van der Waals surface area contributed by atoms with E-state index in [1.165, 1.54) is 6.07 Å². The van der Waals surface area contributed by atoms with Gasteiger partial charge in [-0.05, 0) is 88.3 Å². The average Bonchev–Trinajstić information content (AvgIpc) is 3.30. The topological polar surface area (TPSA) is 115 Å². The Morgan fingerprint density at radius 3 is 2.26 bits per heavy atom. The number of nitrogens with one attached hydrogen (secondary N) is 2. The summed E-state index contributed by atoms with van der Waals surface area (Å²) in [6, 6.07) is 12.0. The molecule has 0 aliphatic rings. The second-order valence-corrected chi connectivity index (χ2v) is 9.10. The minimum Gasteiger partial charge on any atom is -0.507 e. The molecule has 0 spiro atoms. The molecule has 204 valence electrons. The molecule has 9 nitrogen and oxygen atoms in total. The number of hydrogen-bond donors (Lipinski definition) is 3. The Morgan fingerprint density at radius 1 is 0.974 bits per heavy atom. The van der Waals surface area contributed by atoms with Crippen molar-refractivity contribution in [2.24, 2.45) is 0 Å². The number of rotatable bonds is 9. The summed E-state index contributed by atoms with van der Waals surface area (Å²) in [5.41, 5.74) is 4.64. The van der Waals surface area contributed by atoms with Crippen LogP contribution < -0.4 is 24.8 Å². The van der Waals surface area contributed by atoms with Crippen LogP contribution in [0.5, 0.6) is 23.0 Å². The fourth-order valence-corrected chi connectivity index (χ4v) is 4.35. The minimum absolute atomic E-state index is 0.0462. The van der Waals surface area contributed by atoms with Gasteiger partial charge in [0, 0.05) is 17.3 Å². The Labute approximate surface area is 232 Å². The number of thiocarbonyl (C=S) groups is 1. The average molecular weight is 550 g/mol. The lowest BCUT2D eigenvalue weighted by Crippen LogP contribution is -2.34. The van der Waals surface area contributed by atoms with Crippen molar-refractivity contribution in [3.8, 4) is 34.5 Å². The fourth-order valence-electron chi connectivity index (χ4n) is 4.14. The number of fused-ring (bicyclic) bond motifs is 1. The van der Waals surface area contributed by atoms with Crippen molar-refractivity contribution in [1.82, 2.24) is 10.3 Å². The van der Waals surface area contributed by atoms with Crippen LogP contribution in [-0.2, 0) is 0 Å². The van der Waals surface area contributed by atoms with Gasteiger partial charge in [-0.15, -0.1) is 0 Å². The summed E-state index contributed by atoms with van der Waals surface area (Å²) >= 11 is 5.34. The number of nitrogens with zero attached hydrogens (tertiary/aromatic N) is 1. The van der Waals surface area contributed by atoms with Gasteiger partial charge in [-0.25, -0.2) is 4.98 Å². The number of carbonyl (C=O) groups is 1. The van der Waals surface area contributed by atoms with Crippen LogP contribution in [0.4, 0.5) is 5.69 Å². The van der Waals surface area contributed by atoms with Crippen molar-refractivity contribution < 1.29 is 28.5 Å². The highest BCUT2D eigenvalue weighted by Crippen LogP contribution is 2.39. The summed E-state index contributed by atoms with van der Waals surface area (Å²) in [7, 11) is 0. The summed E-state index contributed by atoms with van der Waals surface area (Å²) < 4.78 is 23.0. The van der Waals surface area contributed by atoms with Crippen LogP contribution in [-0.4, -0.2) is 40.9 Å². The molecule has 3 N–H and O–H groups in total. The lowest BCUT2D eigenvalue weighted by atomic mass is 10.1. The van der Waals surface area contributed by atoms with Gasteiger partial charge < -0.3 is 29.1 Å². The summed E-state index contributed by atoms with van der Waals surface area (Å²) in [6.45, 7) is 10.7. The molecule has 0 atom stereocenters. The number of amides is 1. The highest BCUT2D eigenvalue weighted by molar-refractivity contribution is 7.80. The third-order valence-corrected chi connectivity index (χ3v) is 5.91. The van der Waals surface area contributed by atoms with Crippen LogP contribution in [0.25, 0.3) is 22.6 Å². The normalized spacial score (nSPS) is 10.8. The van der Waals surface area contributed by atoms with Crippen LogP contribution in [0.3, 0.4) is 0 Å². The SMILES string of the molecule is CCOc1cc(C(=O)NC(=S)Nc2ccc(-c3nc4cc(C)cc(C)c4o3)c(O)c2)cc(OCC)c1OCC. The molecule has 4 rings (SSSR count). The molecule has 1 heterocycles. The molecule has 4 aromatic rings. The Kier molecular flexibility index (Phi) is 8.55. The summed E-state index contributed by atoms with van der Waals surface area (Å²) in [6.07, 6.45) is 0. The van der Waals surface area contributed by atoms with E-state index < -0.39 is 5.91 Å². The molecule has 39 heavy (non-hydrogen) atoms. The number of benzene rings is 3. The number of ether oxygens (including phenoxy) is 3. The number of anilines is 1. The van der Waals surface area contributed by atoms with Crippen molar-refractivity contribution in [1.29, 1.82) is 0 Å². The smallest absolute Gasteiger partial charge is 0.257 e. The van der Waals surface area contributed by atoms with Gasteiger partial charge in [0.2, 0.25) is 11.6 Å². The molecule has 3 aromatic carbocycles. The third kappa shape index (κ3) is 6.23. The molecule has 0 radical (unpaired) electrons. The molecule has 0 saturated carbocycles. The van der Waals surface area contributed by atoms with Crippen molar-refractivity contribution in [3.63, 3.8) is 0 Å². The molecule has 0 saturated heterocycles. The van der Waals surface area contributed by atoms with Gasteiger partial charge in [0.15, 0.2) is 22.2 Å². The van der Waals surface area contributed by atoms with E-state index >= 15 is 0 Å². The quantitative estimate of drug-likeness (QED) is 0.212. The van der Waals surface area contributed by atoms with Crippen LogP contribution in [0.2, 0.25) is 0 Å². The summed E-state index contributed by atoms with van der Waals surface area (Å²) in [5.74, 6) is 1.04. The third-order valence-electron chi connectivity index (χ3n) is 5.70. The minimum atomic E-state index is -0.463. The Morgan fingerprint density at radius 2 is 1.64 bits per heavy atom. The highest BCUT2D eigenvalue weighted by Gasteiger charge is 2.20. The maximum atomic E-state index is 13.0. The van der Waals surface area contributed by atoms with Crippen molar-refractivity contribution in [3.05, 3.63) is 59.2 Å². The Balaban J connectivity index is 1.50. The van der Waals surface area contributed by atoms with E-state index in [1.54, 1.807) is 24.3 Å². The number of phenolic OH excluding ortho intramolecular Hbond substituents is 1. The van der Waals surface area contributed by atoms with Crippen LogP contribution in [0.15, 0.2) is 46.9 Å². The summed E-state index contributed by atoms with van der Waals surface area (Å²) in [5, 5.41) is 16.3. The number of oxazole rings is 1. The van der Waals surface area contributed by atoms with Gasteiger partial charge in [-0.1, -0.05) is 6.07 Å². The maximum Gasteiger partial charge on any atom is 0.257 e. The molecule has 0 aliphatic carbocycles.